The number of thiazole rings is 1. The summed E-state index contributed by atoms with van der Waals surface area (Å²) in [7, 11) is 1.79. The van der Waals surface area contributed by atoms with E-state index in [2.05, 4.69) is 11.9 Å². The SMILES string of the molecule is CCCc1nc(C)c(C(=O)N(C)C(C)CN)s1. The van der Waals surface area contributed by atoms with E-state index >= 15 is 0 Å². The van der Waals surface area contributed by atoms with Crippen molar-refractivity contribution in [2.75, 3.05) is 13.6 Å². The lowest BCUT2D eigenvalue weighted by Gasteiger charge is -2.23. The maximum Gasteiger partial charge on any atom is 0.265 e. The van der Waals surface area contributed by atoms with Gasteiger partial charge in [0.2, 0.25) is 0 Å². The zero-order valence-corrected chi connectivity index (χ0v) is 11.8. The standard InChI is InChI=1S/C12H21N3OS/c1-5-6-10-14-9(3)11(17-10)12(16)15(4)8(2)7-13/h8H,5-7,13H2,1-4H3. The van der Waals surface area contributed by atoms with Crippen molar-refractivity contribution in [1.82, 2.24) is 9.88 Å². The van der Waals surface area contributed by atoms with Gasteiger partial charge >= 0.3 is 0 Å². The van der Waals surface area contributed by atoms with Gasteiger partial charge in [0.25, 0.3) is 5.91 Å². The number of nitrogens with zero attached hydrogens (tertiary/aromatic N) is 2. The van der Waals surface area contributed by atoms with Gasteiger partial charge in [0, 0.05) is 19.6 Å². The van der Waals surface area contributed by atoms with E-state index in [0.717, 1.165) is 28.4 Å². The minimum atomic E-state index is 0.0281. The molecule has 0 radical (unpaired) electrons. The minimum absolute atomic E-state index is 0.0281. The topological polar surface area (TPSA) is 59.2 Å². The Bertz CT molecular complexity index is 389. The van der Waals surface area contributed by atoms with E-state index < -0.39 is 0 Å². The molecular formula is C12H21N3OS. The van der Waals surface area contributed by atoms with Gasteiger partial charge in [-0.3, -0.25) is 4.79 Å². The Morgan fingerprint density at radius 3 is 2.76 bits per heavy atom. The minimum Gasteiger partial charge on any atom is -0.337 e. The molecule has 1 aromatic heterocycles. The van der Waals surface area contributed by atoms with Crippen LogP contribution < -0.4 is 5.73 Å². The number of hydrogen-bond donors (Lipinski definition) is 1. The summed E-state index contributed by atoms with van der Waals surface area (Å²) in [5.41, 5.74) is 6.41. The molecule has 0 aliphatic heterocycles. The smallest absolute Gasteiger partial charge is 0.265 e. The van der Waals surface area contributed by atoms with Gasteiger partial charge in [0.05, 0.1) is 10.7 Å². The van der Waals surface area contributed by atoms with Crippen LogP contribution in [0.1, 0.15) is 40.6 Å². The summed E-state index contributed by atoms with van der Waals surface area (Å²) in [5.74, 6) is 0.0281. The lowest BCUT2D eigenvalue weighted by atomic mass is 10.2. The molecule has 1 aromatic rings. The number of amides is 1. The number of aryl methyl sites for hydroxylation is 2. The third-order valence-electron chi connectivity index (χ3n) is 2.82. The molecule has 0 fully saturated rings. The highest BCUT2D eigenvalue weighted by molar-refractivity contribution is 7.13. The van der Waals surface area contributed by atoms with Crippen LogP contribution in [0.2, 0.25) is 0 Å². The Labute approximate surface area is 107 Å². The molecule has 1 atom stereocenters. The highest BCUT2D eigenvalue weighted by atomic mass is 32.1. The molecule has 1 heterocycles. The lowest BCUT2D eigenvalue weighted by Crippen LogP contribution is -2.39. The zero-order chi connectivity index (χ0) is 13.0. The summed E-state index contributed by atoms with van der Waals surface area (Å²) in [6, 6.07) is 0.0543. The summed E-state index contributed by atoms with van der Waals surface area (Å²) in [5, 5.41) is 1.04. The largest absolute Gasteiger partial charge is 0.337 e. The average Bonchev–Trinajstić information content (AvgIpc) is 2.68. The summed E-state index contributed by atoms with van der Waals surface area (Å²) >= 11 is 1.51. The molecular weight excluding hydrogens is 234 g/mol. The molecule has 0 aromatic carbocycles. The van der Waals surface area contributed by atoms with Crippen molar-refractivity contribution < 1.29 is 4.79 Å². The number of aromatic nitrogens is 1. The first kappa shape index (κ1) is 14.1. The van der Waals surface area contributed by atoms with Gasteiger partial charge in [0.15, 0.2) is 0 Å². The van der Waals surface area contributed by atoms with Crippen molar-refractivity contribution in [3.63, 3.8) is 0 Å². The summed E-state index contributed by atoms with van der Waals surface area (Å²) < 4.78 is 0. The predicted octanol–water partition coefficient (Wildman–Crippen LogP) is 1.82. The molecule has 2 N–H and O–H groups in total. The van der Waals surface area contributed by atoms with E-state index in [4.69, 9.17) is 5.73 Å². The molecule has 0 bridgehead atoms. The van der Waals surface area contributed by atoms with Gasteiger partial charge in [0.1, 0.15) is 4.88 Å². The fraction of sp³-hybridized carbons (Fsp3) is 0.667. The molecule has 0 spiro atoms. The number of carbonyl (C=O) groups is 1. The van der Waals surface area contributed by atoms with E-state index in [9.17, 15) is 4.79 Å². The number of rotatable bonds is 5. The first-order valence-corrected chi connectivity index (χ1v) is 6.76. The molecule has 4 nitrogen and oxygen atoms in total. The van der Waals surface area contributed by atoms with Crippen LogP contribution in [0.25, 0.3) is 0 Å². The first-order chi connectivity index (χ1) is 8.01. The van der Waals surface area contributed by atoms with Crippen LogP contribution in [-0.4, -0.2) is 35.4 Å². The molecule has 0 aliphatic rings. The highest BCUT2D eigenvalue weighted by Gasteiger charge is 2.21. The molecule has 5 heteroatoms. The van der Waals surface area contributed by atoms with Crippen LogP contribution in [0.15, 0.2) is 0 Å². The molecule has 1 amide bonds. The van der Waals surface area contributed by atoms with Crippen LogP contribution in [-0.2, 0) is 6.42 Å². The number of likely N-dealkylation sites (N-methyl/N-ethyl adjacent to an activating group) is 1. The second kappa shape index (κ2) is 6.12. The predicted molar refractivity (Wildman–Crippen MR) is 71.5 cm³/mol. The van der Waals surface area contributed by atoms with Gasteiger partial charge in [-0.1, -0.05) is 6.92 Å². The van der Waals surface area contributed by atoms with Gasteiger partial charge in [-0.05, 0) is 26.7 Å². The number of nitrogens with two attached hydrogens (primary N) is 1. The van der Waals surface area contributed by atoms with Gasteiger partial charge < -0.3 is 10.6 Å². The van der Waals surface area contributed by atoms with Crippen molar-refractivity contribution in [3.05, 3.63) is 15.6 Å². The van der Waals surface area contributed by atoms with Crippen molar-refractivity contribution in [2.24, 2.45) is 5.73 Å². The summed E-state index contributed by atoms with van der Waals surface area (Å²) in [6.45, 7) is 6.42. The Morgan fingerprint density at radius 1 is 1.59 bits per heavy atom. The van der Waals surface area contributed by atoms with Gasteiger partial charge in [-0.25, -0.2) is 4.98 Å². The summed E-state index contributed by atoms with van der Waals surface area (Å²) in [6.07, 6.45) is 1.99. The quantitative estimate of drug-likeness (QED) is 0.873. The van der Waals surface area contributed by atoms with Crippen LogP contribution in [0, 0.1) is 6.92 Å². The second-order valence-corrected chi connectivity index (χ2v) is 5.36. The highest BCUT2D eigenvalue weighted by Crippen LogP contribution is 2.21. The van der Waals surface area contributed by atoms with Crippen molar-refractivity contribution in [3.8, 4) is 0 Å². The van der Waals surface area contributed by atoms with Crippen LogP contribution in [0.5, 0.6) is 0 Å². The Morgan fingerprint density at radius 2 is 2.24 bits per heavy atom. The van der Waals surface area contributed by atoms with E-state index in [-0.39, 0.29) is 11.9 Å². The van der Waals surface area contributed by atoms with Crippen LogP contribution in [0.3, 0.4) is 0 Å². The molecule has 0 saturated heterocycles. The Balaban J connectivity index is 2.88. The van der Waals surface area contributed by atoms with Gasteiger partial charge in [-0.2, -0.15) is 0 Å². The third-order valence-corrected chi connectivity index (χ3v) is 4.03. The monoisotopic (exact) mass is 255 g/mol. The average molecular weight is 255 g/mol. The second-order valence-electron chi connectivity index (χ2n) is 4.27. The van der Waals surface area contributed by atoms with E-state index in [1.165, 1.54) is 11.3 Å². The molecule has 0 aliphatic carbocycles. The normalized spacial score (nSPS) is 12.5. The maximum absolute atomic E-state index is 12.2. The molecule has 0 saturated carbocycles. The van der Waals surface area contributed by atoms with E-state index in [0.29, 0.717) is 6.54 Å². The Kier molecular flexibility index (Phi) is 5.08. The Hall–Kier alpha value is -0.940. The van der Waals surface area contributed by atoms with E-state index in [1.54, 1.807) is 11.9 Å². The zero-order valence-electron chi connectivity index (χ0n) is 11.0. The molecule has 96 valence electrons. The first-order valence-electron chi connectivity index (χ1n) is 5.94. The maximum atomic E-state index is 12.2. The van der Waals surface area contributed by atoms with Crippen molar-refractivity contribution >= 4 is 17.2 Å². The van der Waals surface area contributed by atoms with E-state index in [1.807, 2.05) is 13.8 Å². The fourth-order valence-corrected chi connectivity index (χ4v) is 2.64. The van der Waals surface area contributed by atoms with Crippen molar-refractivity contribution in [1.29, 1.82) is 0 Å². The van der Waals surface area contributed by atoms with Crippen LogP contribution >= 0.6 is 11.3 Å². The summed E-state index contributed by atoms with van der Waals surface area (Å²) in [4.78, 5) is 19.1. The molecule has 1 rings (SSSR count). The number of carbonyl (C=O) groups excluding carboxylic acids is 1. The lowest BCUT2D eigenvalue weighted by molar-refractivity contribution is 0.0752. The van der Waals surface area contributed by atoms with Gasteiger partial charge in [-0.15, -0.1) is 11.3 Å². The third kappa shape index (κ3) is 3.26. The number of hydrogen-bond acceptors (Lipinski definition) is 4. The van der Waals surface area contributed by atoms with Crippen LogP contribution in [0.4, 0.5) is 0 Å². The molecule has 1 unspecified atom stereocenters. The fourth-order valence-electron chi connectivity index (χ4n) is 1.49. The molecule has 17 heavy (non-hydrogen) atoms. The van der Waals surface area contributed by atoms with Crippen molar-refractivity contribution in [2.45, 2.75) is 39.7 Å².